The molecule has 118 valence electrons. The monoisotopic (exact) mass is 304 g/mol. The summed E-state index contributed by atoms with van der Waals surface area (Å²) in [6.07, 6.45) is 1.62. The third-order valence-corrected chi connectivity index (χ3v) is 3.73. The lowest BCUT2D eigenvalue weighted by Gasteiger charge is -2.21. The van der Waals surface area contributed by atoms with Gasteiger partial charge in [0.1, 0.15) is 6.04 Å². The van der Waals surface area contributed by atoms with Gasteiger partial charge in [0.05, 0.1) is 6.42 Å². The van der Waals surface area contributed by atoms with Crippen molar-refractivity contribution in [2.24, 2.45) is 0 Å². The normalized spacial score (nSPS) is 17.3. The fraction of sp³-hybridized carbons (Fsp3) is 0.438. The smallest absolute Gasteiger partial charge is 0.326 e. The van der Waals surface area contributed by atoms with E-state index in [9.17, 15) is 14.4 Å². The van der Waals surface area contributed by atoms with Crippen molar-refractivity contribution < 1.29 is 19.5 Å². The summed E-state index contributed by atoms with van der Waals surface area (Å²) in [4.78, 5) is 36.2. The van der Waals surface area contributed by atoms with Gasteiger partial charge in [0.2, 0.25) is 11.8 Å². The van der Waals surface area contributed by atoms with Crippen LogP contribution in [0.2, 0.25) is 0 Å². The Morgan fingerprint density at radius 3 is 2.64 bits per heavy atom. The molecule has 1 saturated heterocycles. The zero-order valence-electron chi connectivity index (χ0n) is 12.3. The summed E-state index contributed by atoms with van der Waals surface area (Å²) in [5.74, 6) is -1.32. The number of nitrogens with zero attached hydrogens (tertiary/aromatic N) is 1. The van der Waals surface area contributed by atoms with Crippen LogP contribution in [0.1, 0.15) is 24.8 Å². The molecule has 0 aromatic heterocycles. The van der Waals surface area contributed by atoms with Crippen LogP contribution in [0.5, 0.6) is 0 Å². The molecule has 0 radical (unpaired) electrons. The van der Waals surface area contributed by atoms with Gasteiger partial charge in [0.15, 0.2) is 0 Å². The van der Waals surface area contributed by atoms with Gasteiger partial charge < -0.3 is 15.3 Å². The van der Waals surface area contributed by atoms with Gasteiger partial charge >= 0.3 is 5.97 Å². The highest BCUT2D eigenvalue weighted by atomic mass is 16.4. The van der Waals surface area contributed by atoms with Gasteiger partial charge in [-0.2, -0.15) is 0 Å². The van der Waals surface area contributed by atoms with E-state index in [1.807, 2.05) is 30.3 Å². The molecule has 1 aromatic rings. The third kappa shape index (κ3) is 4.31. The van der Waals surface area contributed by atoms with Crippen LogP contribution in [-0.4, -0.2) is 46.9 Å². The first kappa shape index (κ1) is 16.0. The predicted octanol–water partition coefficient (Wildman–Crippen LogP) is 0.811. The summed E-state index contributed by atoms with van der Waals surface area (Å²) in [6, 6.07) is 8.64. The topological polar surface area (TPSA) is 86.7 Å². The summed E-state index contributed by atoms with van der Waals surface area (Å²) in [7, 11) is 0. The van der Waals surface area contributed by atoms with Crippen molar-refractivity contribution in [3.8, 4) is 0 Å². The highest BCUT2D eigenvalue weighted by Gasteiger charge is 2.33. The Kier molecular flexibility index (Phi) is 5.52. The first-order valence-corrected chi connectivity index (χ1v) is 7.41. The number of hydrogen-bond donors (Lipinski definition) is 2. The summed E-state index contributed by atoms with van der Waals surface area (Å²) in [5, 5.41) is 11.7. The second kappa shape index (κ2) is 7.59. The Labute approximate surface area is 129 Å². The Balaban J connectivity index is 1.73. The molecule has 1 aromatic carbocycles. The van der Waals surface area contributed by atoms with Gasteiger partial charge in [-0.25, -0.2) is 4.79 Å². The van der Waals surface area contributed by atoms with Crippen molar-refractivity contribution in [3.05, 3.63) is 35.9 Å². The predicted molar refractivity (Wildman–Crippen MR) is 80.1 cm³/mol. The lowest BCUT2D eigenvalue weighted by atomic mass is 10.1. The summed E-state index contributed by atoms with van der Waals surface area (Å²) in [6.45, 7) is 0.709. The Bertz CT molecular complexity index is 544. The molecule has 6 heteroatoms. The van der Waals surface area contributed by atoms with Crippen molar-refractivity contribution in [2.45, 2.75) is 31.7 Å². The number of hydrogen-bond acceptors (Lipinski definition) is 3. The molecule has 6 nitrogen and oxygen atoms in total. The van der Waals surface area contributed by atoms with Gasteiger partial charge in [-0.15, -0.1) is 0 Å². The summed E-state index contributed by atoms with van der Waals surface area (Å²) < 4.78 is 0. The van der Waals surface area contributed by atoms with Gasteiger partial charge in [-0.05, 0) is 18.4 Å². The minimum absolute atomic E-state index is 0.129. The largest absolute Gasteiger partial charge is 0.480 e. The van der Waals surface area contributed by atoms with Gasteiger partial charge in [-0.3, -0.25) is 9.59 Å². The number of carbonyl (C=O) groups excluding carboxylic acids is 2. The number of amides is 2. The van der Waals surface area contributed by atoms with Crippen LogP contribution >= 0.6 is 0 Å². The van der Waals surface area contributed by atoms with E-state index in [4.69, 9.17) is 5.11 Å². The average Bonchev–Trinajstić information content (AvgIpc) is 2.98. The van der Waals surface area contributed by atoms with Crippen LogP contribution in [0.15, 0.2) is 30.3 Å². The molecule has 22 heavy (non-hydrogen) atoms. The quantitative estimate of drug-likeness (QED) is 0.814. The molecule has 0 bridgehead atoms. The number of rotatable bonds is 6. The summed E-state index contributed by atoms with van der Waals surface area (Å²) >= 11 is 0. The van der Waals surface area contributed by atoms with Gasteiger partial charge in [0, 0.05) is 19.5 Å². The summed E-state index contributed by atoms with van der Waals surface area (Å²) in [5.41, 5.74) is 0.914. The van der Waals surface area contributed by atoms with Crippen LogP contribution in [0.25, 0.3) is 0 Å². The maximum atomic E-state index is 12.0. The fourth-order valence-electron chi connectivity index (χ4n) is 2.62. The minimum Gasteiger partial charge on any atom is -0.480 e. The first-order chi connectivity index (χ1) is 10.6. The molecule has 1 aliphatic heterocycles. The molecule has 2 rings (SSSR count). The molecule has 1 atom stereocenters. The molecule has 2 N–H and O–H groups in total. The zero-order valence-corrected chi connectivity index (χ0v) is 12.3. The van der Waals surface area contributed by atoms with E-state index in [1.54, 1.807) is 0 Å². The molecule has 0 spiro atoms. The number of nitrogens with one attached hydrogen (secondary N) is 1. The van der Waals surface area contributed by atoms with E-state index < -0.39 is 12.0 Å². The Hall–Kier alpha value is -2.37. The minimum atomic E-state index is -0.959. The van der Waals surface area contributed by atoms with E-state index in [1.165, 1.54) is 4.90 Å². The number of likely N-dealkylation sites (tertiary alicyclic amines) is 1. The average molecular weight is 304 g/mol. The second-order valence-corrected chi connectivity index (χ2v) is 5.35. The highest BCUT2D eigenvalue weighted by molar-refractivity contribution is 5.85. The maximum Gasteiger partial charge on any atom is 0.326 e. The van der Waals surface area contributed by atoms with Crippen molar-refractivity contribution >= 4 is 17.8 Å². The lowest BCUT2D eigenvalue weighted by molar-refractivity contribution is -0.148. The molecule has 0 unspecified atom stereocenters. The standard InChI is InChI=1S/C16H20N2O4/c19-14(11-12-5-2-1-3-6-12)17-9-8-15(20)18-10-4-7-13(18)16(21)22/h1-3,5-6,13H,4,7-11H2,(H,17,19)(H,21,22)/t13-/m1/s1. The number of carboxylic acids is 1. The number of aliphatic carboxylic acids is 1. The van der Waals surface area contributed by atoms with Crippen LogP contribution in [0, 0.1) is 0 Å². The first-order valence-electron chi connectivity index (χ1n) is 7.41. The molecular weight excluding hydrogens is 284 g/mol. The Morgan fingerprint density at radius 1 is 1.23 bits per heavy atom. The SMILES string of the molecule is O=C(Cc1ccccc1)NCCC(=O)N1CCC[C@@H]1C(=O)O. The molecule has 1 aliphatic rings. The second-order valence-electron chi connectivity index (χ2n) is 5.35. The number of carboxylic acid groups (broad SMARTS) is 1. The molecule has 0 saturated carbocycles. The van der Waals surface area contributed by atoms with E-state index in [-0.39, 0.29) is 31.2 Å². The van der Waals surface area contributed by atoms with Crippen LogP contribution < -0.4 is 5.32 Å². The fourth-order valence-corrected chi connectivity index (χ4v) is 2.62. The maximum absolute atomic E-state index is 12.0. The van der Waals surface area contributed by atoms with Gasteiger partial charge in [-0.1, -0.05) is 30.3 Å². The van der Waals surface area contributed by atoms with Crippen molar-refractivity contribution in [3.63, 3.8) is 0 Å². The van der Waals surface area contributed by atoms with E-state index in [2.05, 4.69) is 5.32 Å². The Morgan fingerprint density at radius 2 is 1.95 bits per heavy atom. The molecule has 1 fully saturated rings. The van der Waals surface area contributed by atoms with Crippen LogP contribution in [0.3, 0.4) is 0 Å². The lowest BCUT2D eigenvalue weighted by Crippen LogP contribution is -2.41. The molecule has 0 aliphatic carbocycles. The number of benzene rings is 1. The van der Waals surface area contributed by atoms with Crippen molar-refractivity contribution in [2.75, 3.05) is 13.1 Å². The number of carbonyl (C=O) groups is 3. The van der Waals surface area contributed by atoms with E-state index in [0.717, 1.165) is 5.56 Å². The molecular formula is C16H20N2O4. The zero-order chi connectivity index (χ0) is 15.9. The highest BCUT2D eigenvalue weighted by Crippen LogP contribution is 2.18. The molecule has 1 heterocycles. The van der Waals surface area contributed by atoms with E-state index >= 15 is 0 Å². The van der Waals surface area contributed by atoms with Gasteiger partial charge in [0.25, 0.3) is 0 Å². The van der Waals surface area contributed by atoms with Crippen LogP contribution in [-0.2, 0) is 20.8 Å². The van der Waals surface area contributed by atoms with E-state index in [0.29, 0.717) is 19.4 Å². The third-order valence-electron chi connectivity index (χ3n) is 3.73. The van der Waals surface area contributed by atoms with Crippen molar-refractivity contribution in [1.82, 2.24) is 10.2 Å². The molecule has 2 amide bonds. The van der Waals surface area contributed by atoms with Crippen LogP contribution in [0.4, 0.5) is 0 Å². The van der Waals surface area contributed by atoms with Crippen molar-refractivity contribution in [1.29, 1.82) is 0 Å².